The molecule has 0 bridgehead atoms. The van der Waals surface area contributed by atoms with Crippen LogP contribution in [0.25, 0.3) is 0 Å². The van der Waals surface area contributed by atoms with E-state index < -0.39 is 0 Å². The molecule has 2 heterocycles. The molecule has 1 unspecified atom stereocenters. The minimum absolute atomic E-state index is 0. The van der Waals surface area contributed by atoms with Gasteiger partial charge in [0, 0.05) is 44.3 Å². The van der Waals surface area contributed by atoms with E-state index in [0.29, 0.717) is 18.4 Å². The number of hydrogen-bond acceptors (Lipinski definition) is 6. The standard InChI is InChI=1S/C20H29N5O2S.HI/c1-15(12-16-4-5-17(26-2)18(13-16)27-3)14-23-19(21)24-7-9-25(10-8-24)20-22-6-11-28-20;/h4-6,11,13,15H,7-10,12,14H2,1-3H3,(H2,21,23);1H. The number of nitrogens with zero attached hydrogens (tertiary/aromatic N) is 4. The molecule has 3 rings (SSSR count). The first-order chi connectivity index (χ1) is 13.6. The first-order valence-electron chi connectivity index (χ1n) is 9.51. The molecule has 0 radical (unpaired) electrons. The van der Waals surface area contributed by atoms with Crippen LogP contribution in [0.2, 0.25) is 0 Å². The van der Waals surface area contributed by atoms with Crippen LogP contribution in [0.15, 0.2) is 34.8 Å². The van der Waals surface area contributed by atoms with Crippen LogP contribution in [0, 0.1) is 5.92 Å². The Labute approximate surface area is 193 Å². The van der Waals surface area contributed by atoms with Crippen LogP contribution in [0.1, 0.15) is 12.5 Å². The number of hydrogen-bond donors (Lipinski definition) is 1. The molecule has 1 aliphatic rings. The summed E-state index contributed by atoms with van der Waals surface area (Å²) in [5.74, 6) is 2.53. The summed E-state index contributed by atoms with van der Waals surface area (Å²) >= 11 is 1.68. The molecule has 1 saturated heterocycles. The minimum Gasteiger partial charge on any atom is -0.493 e. The van der Waals surface area contributed by atoms with E-state index in [2.05, 4.69) is 32.8 Å². The number of piperazine rings is 1. The van der Waals surface area contributed by atoms with Gasteiger partial charge in [0.1, 0.15) is 0 Å². The van der Waals surface area contributed by atoms with E-state index in [1.165, 1.54) is 5.56 Å². The molecular formula is C20H30IN5O2S. The maximum Gasteiger partial charge on any atom is 0.191 e. The second kappa shape index (κ2) is 11.4. The van der Waals surface area contributed by atoms with Gasteiger partial charge in [-0.2, -0.15) is 0 Å². The van der Waals surface area contributed by atoms with Crippen LogP contribution in [-0.2, 0) is 6.42 Å². The van der Waals surface area contributed by atoms with Crippen LogP contribution in [-0.4, -0.2) is 62.8 Å². The SMILES string of the molecule is COc1ccc(CC(C)CN=C(N)N2CCN(c3nccs3)CC2)cc1OC.I. The molecular weight excluding hydrogens is 501 g/mol. The smallest absolute Gasteiger partial charge is 0.191 e. The quantitative estimate of drug-likeness (QED) is 0.336. The van der Waals surface area contributed by atoms with Crippen molar-refractivity contribution in [2.24, 2.45) is 16.6 Å². The van der Waals surface area contributed by atoms with Crippen molar-refractivity contribution in [1.29, 1.82) is 0 Å². The average Bonchev–Trinajstić information content (AvgIpc) is 3.27. The van der Waals surface area contributed by atoms with Gasteiger partial charge in [-0.1, -0.05) is 13.0 Å². The van der Waals surface area contributed by atoms with E-state index in [1.54, 1.807) is 25.6 Å². The number of nitrogens with two attached hydrogens (primary N) is 1. The third-order valence-electron chi connectivity index (χ3n) is 4.89. The predicted octanol–water partition coefficient (Wildman–Crippen LogP) is 3.09. The third kappa shape index (κ3) is 6.36. The zero-order valence-corrected chi connectivity index (χ0v) is 20.4. The molecule has 0 spiro atoms. The number of halogens is 1. The van der Waals surface area contributed by atoms with E-state index in [9.17, 15) is 0 Å². The van der Waals surface area contributed by atoms with Crippen molar-refractivity contribution < 1.29 is 9.47 Å². The summed E-state index contributed by atoms with van der Waals surface area (Å²) in [4.78, 5) is 13.5. The topological polar surface area (TPSA) is 76.2 Å². The predicted molar refractivity (Wildman–Crippen MR) is 130 cm³/mol. The van der Waals surface area contributed by atoms with E-state index in [1.807, 2.05) is 23.7 Å². The summed E-state index contributed by atoms with van der Waals surface area (Å²) < 4.78 is 10.7. The summed E-state index contributed by atoms with van der Waals surface area (Å²) in [7, 11) is 3.30. The van der Waals surface area contributed by atoms with Crippen molar-refractivity contribution in [2.45, 2.75) is 13.3 Å². The number of benzene rings is 1. The number of guanidine groups is 1. The Morgan fingerprint density at radius 2 is 1.93 bits per heavy atom. The lowest BCUT2D eigenvalue weighted by Crippen LogP contribution is -2.51. The number of rotatable bonds is 7. The Morgan fingerprint density at radius 3 is 2.55 bits per heavy atom. The maximum atomic E-state index is 6.25. The van der Waals surface area contributed by atoms with Crippen LogP contribution < -0.4 is 20.1 Å². The first kappa shape index (κ1) is 23.5. The zero-order valence-electron chi connectivity index (χ0n) is 17.2. The van der Waals surface area contributed by atoms with Crippen LogP contribution in [0.3, 0.4) is 0 Å². The number of aromatic nitrogens is 1. The van der Waals surface area contributed by atoms with Crippen molar-refractivity contribution in [1.82, 2.24) is 9.88 Å². The Morgan fingerprint density at radius 1 is 1.21 bits per heavy atom. The lowest BCUT2D eigenvalue weighted by molar-refractivity contribution is 0.354. The molecule has 1 fully saturated rings. The van der Waals surface area contributed by atoms with E-state index >= 15 is 0 Å². The summed E-state index contributed by atoms with van der Waals surface area (Å²) in [5.41, 5.74) is 7.45. The Kier molecular flexibility index (Phi) is 9.28. The second-order valence-corrected chi connectivity index (χ2v) is 7.86. The molecule has 2 N–H and O–H groups in total. The van der Waals surface area contributed by atoms with Gasteiger partial charge >= 0.3 is 0 Å². The van der Waals surface area contributed by atoms with Crippen LogP contribution >= 0.6 is 35.3 Å². The number of anilines is 1. The fourth-order valence-corrected chi connectivity index (χ4v) is 4.02. The van der Waals surface area contributed by atoms with Crippen molar-refractivity contribution in [3.05, 3.63) is 35.3 Å². The van der Waals surface area contributed by atoms with Gasteiger partial charge in [0.05, 0.1) is 14.2 Å². The van der Waals surface area contributed by atoms with Crippen molar-refractivity contribution in [3.8, 4) is 11.5 Å². The largest absolute Gasteiger partial charge is 0.493 e. The molecule has 0 amide bonds. The molecule has 1 aromatic carbocycles. The molecule has 0 saturated carbocycles. The number of methoxy groups -OCH3 is 2. The number of thiazole rings is 1. The molecule has 160 valence electrons. The summed E-state index contributed by atoms with van der Waals surface area (Å²) in [5, 5.41) is 3.09. The highest BCUT2D eigenvalue weighted by Gasteiger charge is 2.20. The summed E-state index contributed by atoms with van der Waals surface area (Å²) in [6, 6.07) is 6.05. The molecule has 0 aliphatic carbocycles. The fourth-order valence-electron chi connectivity index (χ4n) is 3.32. The highest BCUT2D eigenvalue weighted by atomic mass is 127. The number of aliphatic imine (C=N–C) groups is 1. The van der Waals surface area contributed by atoms with Gasteiger partial charge in [-0.05, 0) is 30.0 Å². The minimum atomic E-state index is 0. The van der Waals surface area contributed by atoms with E-state index in [-0.39, 0.29) is 24.0 Å². The van der Waals surface area contributed by atoms with Crippen LogP contribution in [0.4, 0.5) is 5.13 Å². The number of ether oxygens (including phenoxy) is 2. The Hall–Kier alpha value is -1.75. The monoisotopic (exact) mass is 531 g/mol. The highest BCUT2D eigenvalue weighted by Crippen LogP contribution is 2.28. The third-order valence-corrected chi connectivity index (χ3v) is 5.72. The lowest BCUT2D eigenvalue weighted by Gasteiger charge is -2.35. The summed E-state index contributed by atoms with van der Waals surface area (Å²) in [6.45, 7) is 6.48. The van der Waals surface area contributed by atoms with Crippen molar-refractivity contribution in [3.63, 3.8) is 0 Å². The zero-order chi connectivity index (χ0) is 19.9. The Bertz CT molecular complexity index is 779. The van der Waals surface area contributed by atoms with Gasteiger partial charge in [-0.15, -0.1) is 35.3 Å². The highest BCUT2D eigenvalue weighted by molar-refractivity contribution is 14.0. The average molecular weight is 531 g/mol. The molecule has 2 aromatic rings. The van der Waals surface area contributed by atoms with Gasteiger partial charge < -0.3 is 25.0 Å². The second-order valence-electron chi connectivity index (χ2n) is 6.99. The summed E-state index contributed by atoms with van der Waals surface area (Å²) in [6.07, 6.45) is 2.76. The molecule has 9 heteroatoms. The fraction of sp³-hybridized carbons (Fsp3) is 0.500. The molecule has 1 atom stereocenters. The van der Waals surface area contributed by atoms with E-state index in [4.69, 9.17) is 15.2 Å². The van der Waals surface area contributed by atoms with Crippen molar-refractivity contribution >= 4 is 46.4 Å². The van der Waals surface area contributed by atoms with Gasteiger partial charge in [0.25, 0.3) is 0 Å². The maximum absolute atomic E-state index is 6.25. The molecule has 1 aromatic heterocycles. The molecule has 1 aliphatic heterocycles. The van der Waals surface area contributed by atoms with Crippen LogP contribution in [0.5, 0.6) is 11.5 Å². The van der Waals surface area contributed by atoms with E-state index in [0.717, 1.165) is 49.2 Å². The lowest BCUT2D eigenvalue weighted by atomic mass is 10.0. The normalized spacial score (nSPS) is 15.6. The van der Waals surface area contributed by atoms with Crippen molar-refractivity contribution in [2.75, 3.05) is 51.8 Å². The van der Waals surface area contributed by atoms with Gasteiger partial charge in [-0.3, -0.25) is 4.99 Å². The van der Waals surface area contributed by atoms with Gasteiger partial charge in [0.15, 0.2) is 22.6 Å². The molecule has 29 heavy (non-hydrogen) atoms. The van der Waals surface area contributed by atoms with Gasteiger partial charge in [-0.25, -0.2) is 4.98 Å². The van der Waals surface area contributed by atoms with Gasteiger partial charge in [0.2, 0.25) is 0 Å². The Balaban J connectivity index is 0.00000300. The molecule has 7 nitrogen and oxygen atoms in total. The first-order valence-corrected chi connectivity index (χ1v) is 10.4.